The maximum atomic E-state index is 14.0. The summed E-state index contributed by atoms with van der Waals surface area (Å²) in [4.78, 5) is 26.1. The maximum absolute atomic E-state index is 14.0. The standard InChI is InChI=1S/C27H24Cl2F2N2O4/c1-3-33-20(9-16-6-4-5-7-23(16)33)14-37-24-8-15(2)21(13-22(24)29)25(34)32-19-11-17(10-18(28)12-19)27(30,31)26(35)36/h4-8,10-13,20H,3,9,14H2,1-2H3,(H,32,34)(H,35,36)/t20-/m1/s1. The number of carboxylic acid groups (broad SMARTS) is 1. The van der Waals surface area contributed by atoms with Gasteiger partial charge >= 0.3 is 11.9 Å². The van der Waals surface area contributed by atoms with E-state index in [9.17, 15) is 18.4 Å². The van der Waals surface area contributed by atoms with Crippen molar-refractivity contribution >= 4 is 46.5 Å². The Labute approximate surface area is 222 Å². The summed E-state index contributed by atoms with van der Waals surface area (Å²) in [5.41, 5.74) is 2.28. The number of anilines is 2. The van der Waals surface area contributed by atoms with E-state index in [0.29, 0.717) is 17.9 Å². The van der Waals surface area contributed by atoms with Gasteiger partial charge in [-0.15, -0.1) is 0 Å². The summed E-state index contributed by atoms with van der Waals surface area (Å²) >= 11 is 12.3. The lowest BCUT2D eigenvalue weighted by Gasteiger charge is -2.26. The Balaban J connectivity index is 1.49. The van der Waals surface area contributed by atoms with E-state index in [1.54, 1.807) is 13.0 Å². The van der Waals surface area contributed by atoms with Gasteiger partial charge in [-0.1, -0.05) is 41.4 Å². The number of hydrogen-bond acceptors (Lipinski definition) is 4. The van der Waals surface area contributed by atoms with Gasteiger partial charge in [0.15, 0.2) is 0 Å². The van der Waals surface area contributed by atoms with E-state index in [1.807, 2.05) is 12.1 Å². The van der Waals surface area contributed by atoms with Crippen LogP contribution >= 0.6 is 23.2 Å². The molecule has 2 N–H and O–H groups in total. The molecule has 1 heterocycles. The van der Waals surface area contributed by atoms with Crippen LogP contribution < -0.4 is 15.0 Å². The highest BCUT2D eigenvalue weighted by atomic mass is 35.5. The molecule has 194 valence electrons. The fraction of sp³-hybridized carbons (Fsp3) is 0.259. The molecule has 0 saturated carbocycles. The summed E-state index contributed by atoms with van der Waals surface area (Å²) in [6.07, 6.45) is 0.851. The quantitative estimate of drug-likeness (QED) is 0.333. The van der Waals surface area contributed by atoms with Crippen LogP contribution in [-0.4, -0.2) is 36.2 Å². The van der Waals surface area contributed by atoms with E-state index >= 15 is 0 Å². The summed E-state index contributed by atoms with van der Waals surface area (Å²) in [5.74, 6) is -6.69. The molecule has 1 amide bonds. The number of benzene rings is 3. The van der Waals surface area contributed by atoms with Crippen molar-refractivity contribution in [1.82, 2.24) is 0 Å². The number of ether oxygens (including phenoxy) is 1. The van der Waals surface area contributed by atoms with Crippen molar-refractivity contribution in [2.75, 3.05) is 23.4 Å². The molecule has 0 aliphatic carbocycles. The minimum atomic E-state index is -4.17. The Bertz CT molecular complexity index is 1370. The third-order valence-electron chi connectivity index (χ3n) is 6.28. The van der Waals surface area contributed by atoms with Crippen LogP contribution in [0.25, 0.3) is 0 Å². The molecule has 1 atom stereocenters. The number of alkyl halides is 2. The third kappa shape index (κ3) is 5.50. The molecule has 1 aliphatic heterocycles. The molecule has 1 aliphatic rings. The van der Waals surface area contributed by atoms with Crippen LogP contribution in [0.15, 0.2) is 54.6 Å². The summed E-state index contributed by atoms with van der Waals surface area (Å²) in [6.45, 7) is 5.02. The molecule has 0 bridgehead atoms. The van der Waals surface area contributed by atoms with Gasteiger partial charge < -0.3 is 20.1 Å². The zero-order chi connectivity index (χ0) is 26.9. The van der Waals surface area contributed by atoms with Gasteiger partial charge in [0.25, 0.3) is 5.91 Å². The Morgan fingerprint density at radius 1 is 1.16 bits per heavy atom. The van der Waals surface area contributed by atoms with Crippen molar-refractivity contribution in [3.8, 4) is 5.75 Å². The number of aliphatic carboxylic acids is 1. The highest BCUT2D eigenvalue weighted by molar-refractivity contribution is 6.32. The lowest BCUT2D eigenvalue weighted by Crippen LogP contribution is -2.36. The van der Waals surface area contributed by atoms with Gasteiger partial charge in [0.1, 0.15) is 12.4 Å². The third-order valence-corrected chi connectivity index (χ3v) is 6.79. The molecule has 3 aromatic rings. The molecule has 10 heteroatoms. The van der Waals surface area contributed by atoms with E-state index in [2.05, 4.69) is 29.3 Å². The van der Waals surface area contributed by atoms with Crippen LogP contribution in [0.5, 0.6) is 5.75 Å². The fourth-order valence-corrected chi connectivity index (χ4v) is 4.92. The minimum Gasteiger partial charge on any atom is -0.490 e. The minimum absolute atomic E-state index is 0.0790. The van der Waals surface area contributed by atoms with Crippen molar-refractivity contribution in [2.24, 2.45) is 0 Å². The molecular weight excluding hydrogens is 525 g/mol. The van der Waals surface area contributed by atoms with E-state index in [0.717, 1.165) is 25.1 Å². The first kappa shape index (κ1) is 26.7. The number of amides is 1. The molecule has 0 spiro atoms. The van der Waals surface area contributed by atoms with Crippen LogP contribution in [0.2, 0.25) is 10.0 Å². The molecule has 37 heavy (non-hydrogen) atoms. The van der Waals surface area contributed by atoms with E-state index in [-0.39, 0.29) is 27.3 Å². The Hall–Kier alpha value is -3.36. The molecule has 0 unspecified atom stereocenters. The molecule has 0 saturated heterocycles. The predicted molar refractivity (Wildman–Crippen MR) is 140 cm³/mol. The SMILES string of the molecule is CCN1c2ccccc2C[C@@H]1COc1cc(C)c(C(=O)Nc2cc(Cl)cc(C(F)(F)C(=O)O)c2)cc1Cl. The molecule has 0 radical (unpaired) electrons. The molecule has 3 aromatic carbocycles. The number of fused-ring (bicyclic) bond motifs is 1. The van der Waals surface area contributed by atoms with Crippen molar-refractivity contribution in [3.05, 3.63) is 86.9 Å². The number of hydrogen-bond donors (Lipinski definition) is 2. The number of likely N-dealkylation sites (N-methyl/N-ethyl adjacent to an activating group) is 1. The number of halogens is 4. The second-order valence-corrected chi connectivity index (χ2v) is 9.59. The average molecular weight is 549 g/mol. The smallest absolute Gasteiger partial charge is 0.379 e. The molecule has 6 nitrogen and oxygen atoms in total. The highest BCUT2D eigenvalue weighted by Gasteiger charge is 2.41. The summed E-state index contributed by atoms with van der Waals surface area (Å²) < 4.78 is 34.0. The fourth-order valence-electron chi connectivity index (χ4n) is 4.46. The first-order chi connectivity index (χ1) is 17.5. The van der Waals surface area contributed by atoms with Gasteiger partial charge in [-0.25, -0.2) is 4.79 Å². The van der Waals surface area contributed by atoms with Gasteiger partial charge in [-0.3, -0.25) is 4.79 Å². The summed E-state index contributed by atoms with van der Waals surface area (Å²) in [6, 6.07) is 14.4. The molecule has 4 rings (SSSR count). The lowest BCUT2D eigenvalue weighted by atomic mass is 10.1. The second kappa shape index (κ2) is 10.6. The predicted octanol–water partition coefficient (Wildman–Crippen LogP) is 6.56. The van der Waals surface area contributed by atoms with Gasteiger partial charge in [-0.2, -0.15) is 8.78 Å². The van der Waals surface area contributed by atoms with Crippen molar-refractivity contribution < 1.29 is 28.2 Å². The van der Waals surface area contributed by atoms with Crippen molar-refractivity contribution in [1.29, 1.82) is 0 Å². The zero-order valence-corrected chi connectivity index (χ0v) is 21.5. The van der Waals surface area contributed by atoms with Crippen molar-refractivity contribution in [2.45, 2.75) is 32.2 Å². The van der Waals surface area contributed by atoms with Crippen LogP contribution in [0, 0.1) is 6.92 Å². The number of nitrogens with one attached hydrogen (secondary N) is 1. The number of carbonyl (C=O) groups is 2. The van der Waals surface area contributed by atoms with Gasteiger partial charge in [0.05, 0.1) is 11.1 Å². The first-order valence-electron chi connectivity index (χ1n) is 11.5. The van der Waals surface area contributed by atoms with E-state index in [1.165, 1.54) is 23.4 Å². The first-order valence-corrected chi connectivity index (χ1v) is 12.3. The van der Waals surface area contributed by atoms with Crippen molar-refractivity contribution in [3.63, 3.8) is 0 Å². The monoisotopic (exact) mass is 548 g/mol. The number of nitrogens with zero attached hydrogens (tertiary/aromatic N) is 1. The number of aryl methyl sites for hydroxylation is 1. The molecule has 0 fully saturated rings. The summed E-state index contributed by atoms with van der Waals surface area (Å²) in [5, 5.41) is 11.4. The molecular formula is C27H24Cl2F2N2O4. The lowest BCUT2D eigenvalue weighted by molar-refractivity contribution is -0.166. The van der Waals surface area contributed by atoms with Gasteiger partial charge in [0, 0.05) is 34.1 Å². The zero-order valence-electron chi connectivity index (χ0n) is 20.0. The highest BCUT2D eigenvalue weighted by Crippen LogP contribution is 2.35. The Morgan fingerprint density at radius 2 is 1.89 bits per heavy atom. The number of rotatable bonds is 8. The van der Waals surface area contributed by atoms with Gasteiger partial charge in [-0.05, 0) is 67.8 Å². The average Bonchev–Trinajstić information content (AvgIpc) is 3.21. The number of para-hydroxylation sites is 1. The largest absolute Gasteiger partial charge is 0.490 e. The molecule has 0 aromatic heterocycles. The van der Waals surface area contributed by atoms with Gasteiger partial charge in [0.2, 0.25) is 0 Å². The van der Waals surface area contributed by atoms with Crippen LogP contribution in [0.4, 0.5) is 20.2 Å². The topological polar surface area (TPSA) is 78.9 Å². The van der Waals surface area contributed by atoms with Crippen LogP contribution in [-0.2, 0) is 17.1 Å². The van der Waals surface area contributed by atoms with Crippen LogP contribution in [0.1, 0.15) is 34.0 Å². The number of carbonyl (C=O) groups excluding carboxylic acids is 1. The summed E-state index contributed by atoms with van der Waals surface area (Å²) in [7, 11) is 0. The maximum Gasteiger partial charge on any atom is 0.379 e. The second-order valence-electron chi connectivity index (χ2n) is 8.74. The Kier molecular flexibility index (Phi) is 7.62. The normalized spacial score (nSPS) is 14.9. The Morgan fingerprint density at radius 3 is 2.59 bits per heavy atom. The van der Waals surface area contributed by atoms with E-state index in [4.69, 9.17) is 33.0 Å². The van der Waals surface area contributed by atoms with E-state index < -0.39 is 23.4 Å². The number of carboxylic acids is 1. The van der Waals surface area contributed by atoms with Crippen LogP contribution in [0.3, 0.4) is 0 Å².